The van der Waals surface area contributed by atoms with Gasteiger partial charge in [-0.05, 0) is 47.5 Å². The van der Waals surface area contributed by atoms with Crippen LogP contribution >= 0.6 is 27.7 Å². The van der Waals surface area contributed by atoms with Crippen molar-refractivity contribution in [1.29, 1.82) is 0 Å². The van der Waals surface area contributed by atoms with Crippen LogP contribution in [-0.2, 0) is 11.4 Å². The molecule has 0 fully saturated rings. The average Bonchev–Trinajstić information content (AvgIpc) is 2.38. The fourth-order valence-corrected chi connectivity index (χ4v) is 3.16. The van der Waals surface area contributed by atoms with Crippen molar-refractivity contribution in [2.24, 2.45) is 0 Å². The van der Waals surface area contributed by atoms with Crippen molar-refractivity contribution in [2.75, 3.05) is 18.8 Å². The van der Waals surface area contributed by atoms with E-state index >= 15 is 0 Å². The van der Waals surface area contributed by atoms with Gasteiger partial charge in [0.25, 0.3) is 0 Å². The number of aliphatic hydroxyl groups is 1. The number of nitrogens with zero attached hydrogens (tertiary/aromatic N) is 1. The molecule has 5 heteroatoms. The van der Waals surface area contributed by atoms with Crippen molar-refractivity contribution in [3.05, 3.63) is 28.2 Å². The van der Waals surface area contributed by atoms with E-state index in [4.69, 9.17) is 5.11 Å². The summed E-state index contributed by atoms with van der Waals surface area (Å²) in [5.41, 5.74) is 0.862. The number of hydrogen-bond acceptors (Lipinski definition) is 3. The van der Waals surface area contributed by atoms with Crippen LogP contribution in [0.3, 0.4) is 0 Å². The van der Waals surface area contributed by atoms with Gasteiger partial charge >= 0.3 is 0 Å². The number of thioether (sulfide) groups is 1. The van der Waals surface area contributed by atoms with Gasteiger partial charge in [-0.2, -0.15) is 0 Å². The van der Waals surface area contributed by atoms with E-state index in [1.165, 1.54) is 11.8 Å². The molecule has 100 valence electrons. The topological polar surface area (TPSA) is 40.5 Å². The van der Waals surface area contributed by atoms with Gasteiger partial charge in [0.1, 0.15) is 0 Å². The Labute approximate surface area is 121 Å². The SMILES string of the molecule is CCN(CC)C(=O)CSc1ccc(CO)cc1Br. The van der Waals surface area contributed by atoms with Crippen molar-refractivity contribution >= 4 is 33.6 Å². The molecule has 0 aliphatic carbocycles. The van der Waals surface area contributed by atoms with Gasteiger partial charge in [0.2, 0.25) is 5.91 Å². The number of benzene rings is 1. The van der Waals surface area contributed by atoms with Crippen molar-refractivity contribution in [2.45, 2.75) is 25.3 Å². The Morgan fingerprint density at radius 3 is 2.56 bits per heavy atom. The summed E-state index contributed by atoms with van der Waals surface area (Å²) in [6, 6.07) is 5.68. The zero-order chi connectivity index (χ0) is 13.5. The van der Waals surface area contributed by atoms with Crippen LogP contribution in [0.5, 0.6) is 0 Å². The van der Waals surface area contributed by atoms with E-state index < -0.39 is 0 Å². The van der Waals surface area contributed by atoms with E-state index in [1.807, 2.05) is 36.9 Å². The predicted molar refractivity (Wildman–Crippen MR) is 78.7 cm³/mol. The van der Waals surface area contributed by atoms with E-state index in [-0.39, 0.29) is 12.5 Å². The molecule has 0 atom stereocenters. The molecular weight excluding hydrogens is 314 g/mol. The first-order chi connectivity index (χ1) is 8.62. The molecule has 0 heterocycles. The van der Waals surface area contributed by atoms with Gasteiger partial charge < -0.3 is 10.0 Å². The largest absolute Gasteiger partial charge is 0.392 e. The van der Waals surface area contributed by atoms with Gasteiger partial charge in [-0.3, -0.25) is 4.79 Å². The quantitative estimate of drug-likeness (QED) is 0.815. The van der Waals surface area contributed by atoms with E-state index in [1.54, 1.807) is 0 Å². The monoisotopic (exact) mass is 331 g/mol. The summed E-state index contributed by atoms with van der Waals surface area (Å²) in [6.45, 7) is 5.50. The second-order valence-electron chi connectivity index (χ2n) is 3.78. The van der Waals surface area contributed by atoms with Crippen LogP contribution in [0.4, 0.5) is 0 Å². The van der Waals surface area contributed by atoms with Crippen molar-refractivity contribution in [3.63, 3.8) is 0 Å². The van der Waals surface area contributed by atoms with Gasteiger partial charge in [0, 0.05) is 22.5 Å². The maximum Gasteiger partial charge on any atom is 0.232 e. The predicted octanol–water partition coefficient (Wildman–Crippen LogP) is 2.90. The summed E-state index contributed by atoms with van der Waals surface area (Å²) in [5, 5.41) is 9.02. The standard InChI is InChI=1S/C13H18BrNO2S/c1-3-15(4-2)13(17)9-18-12-6-5-10(8-16)7-11(12)14/h5-7,16H,3-4,8-9H2,1-2H3. The highest BCUT2D eigenvalue weighted by atomic mass is 79.9. The van der Waals surface area contributed by atoms with E-state index in [0.29, 0.717) is 5.75 Å². The molecule has 0 spiro atoms. The van der Waals surface area contributed by atoms with E-state index in [2.05, 4.69) is 15.9 Å². The normalized spacial score (nSPS) is 10.4. The molecule has 0 bridgehead atoms. The Kier molecular flexibility index (Phi) is 6.75. The number of carbonyl (C=O) groups is 1. The van der Waals surface area contributed by atoms with Crippen LogP contribution in [0.25, 0.3) is 0 Å². The van der Waals surface area contributed by atoms with Crippen LogP contribution in [0.15, 0.2) is 27.6 Å². The Balaban J connectivity index is 2.61. The van der Waals surface area contributed by atoms with Gasteiger partial charge in [0.15, 0.2) is 0 Å². The Hall–Kier alpha value is -0.520. The molecule has 1 rings (SSSR count). The third-order valence-electron chi connectivity index (χ3n) is 2.65. The lowest BCUT2D eigenvalue weighted by atomic mass is 10.2. The summed E-state index contributed by atoms with van der Waals surface area (Å²) in [6.07, 6.45) is 0. The minimum atomic E-state index is 0.0297. The molecule has 3 nitrogen and oxygen atoms in total. The average molecular weight is 332 g/mol. The lowest BCUT2D eigenvalue weighted by Crippen LogP contribution is -2.31. The number of rotatable bonds is 6. The fourth-order valence-electron chi connectivity index (χ4n) is 1.57. The zero-order valence-corrected chi connectivity index (χ0v) is 13.1. The molecule has 1 aromatic carbocycles. The van der Waals surface area contributed by atoms with Crippen molar-refractivity contribution in [3.8, 4) is 0 Å². The highest BCUT2D eigenvalue weighted by Crippen LogP contribution is 2.28. The second kappa shape index (κ2) is 7.81. The molecule has 1 N–H and O–H groups in total. The number of carbonyl (C=O) groups excluding carboxylic acids is 1. The summed E-state index contributed by atoms with van der Waals surface area (Å²) in [5.74, 6) is 0.599. The number of hydrogen-bond donors (Lipinski definition) is 1. The fraction of sp³-hybridized carbons (Fsp3) is 0.462. The lowest BCUT2D eigenvalue weighted by Gasteiger charge is -2.18. The molecular formula is C13H18BrNO2S. The maximum absolute atomic E-state index is 11.9. The van der Waals surface area contributed by atoms with Crippen LogP contribution in [0, 0.1) is 0 Å². The van der Waals surface area contributed by atoms with Gasteiger partial charge in [0.05, 0.1) is 12.4 Å². The minimum absolute atomic E-state index is 0.0297. The maximum atomic E-state index is 11.9. The zero-order valence-electron chi connectivity index (χ0n) is 10.6. The highest BCUT2D eigenvalue weighted by Gasteiger charge is 2.11. The first-order valence-corrected chi connectivity index (χ1v) is 7.70. The Morgan fingerprint density at radius 2 is 2.06 bits per heavy atom. The molecule has 0 unspecified atom stereocenters. The summed E-state index contributed by atoms with van der Waals surface area (Å²) < 4.78 is 0.923. The molecule has 1 aromatic rings. The summed E-state index contributed by atoms with van der Waals surface area (Å²) in [4.78, 5) is 14.7. The minimum Gasteiger partial charge on any atom is -0.392 e. The van der Waals surface area contributed by atoms with Gasteiger partial charge in [-0.15, -0.1) is 11.8 Å². The number of halogens is 1. The molecule has 0 saturated heterocycles. The smallest absolute Gasteiger partial charge is 0.232 e. The highest BCUT2D eigenvalue weighted by molar-refractivity contribution is 9.10. The lowest BCUT2D eigenvalue weighted by molar-refractivity contribution is -0.127. The van der Waals surface area contributed by atoms with Gasteiger partial charge in [-0.25, -0.2) is 0 Å². The molecule has 0 aromatic heterocycles. The molecule has 18 heavy (non-hydrogen) atoms. The van der Waals surface area contributed by atoms with Crippen LogP contribution < -0.4 is 0 Å². The second-order valence-corrected chi connectivity index (χ2v) is 5.65. The van der Waals surface area contributed by atoms with E-state index in [9.17, 15) is 4.79 Å². The number of aliphatic hydroxyl groups excluding tert-OH is 1. The third-order valence-corrected chi connectivity index (χ3v) is 4.62. The molecule has 0 aliphatic heterocycles. The summed E-state index contributed by atoms with van der Waals surface area (Å²) >= 11 is 4.97. The molecule has 1 amide bonds. The summed E-state index contributed by atoms with van der Waals surface area (Å²) in [7, 11) is 0. The van der Waals surface area contributed by atoms with Crippen LogP contribution in [-0.4, -0.2) is 34.8 Å². The third kappa shape index (κ3) is 4.30. The Bertz CT molecular complexity index is 408. The van der Waals surface area contributed by atoms with Crippen LogP contribution in [0.2, 0.25) is 0 Å². The van der Waals surface area contributed by atoms with E-state index in [0.717, 1.165) is 28.0 Å². The Morgan fingerprint density at radius 1 is 1.39 bits per heavy atom. The molecule has 0 radical (unpaired) electrons. The van der Waals surface area contributed by atoms with Crippen molar-refractivity contribution in [1.82, 2.24) is 4.90 Å². The first kappa shape index (κ1) is 15.5. The molecule has 0 aliphatic rings. The van der Waals surface area contributed by atoms with Gasteiger partial charge in [-0.1, -0.05) is 6.07 Å². The number of amides is 1. The van der Waals surface area contributed by atoms with Crippen molar-refractivity contribution < 1.29 is 9.90 Å². The first-order valence-electron chi connectivity index (χ1n) is 5.92. The molecule has 0 saturated carbocycles. The van der Waals surface area contributed by atoms with Crippen LogP contribution in [0.1, 0.15) is 19.4 Å².